The van der Waals surface area contributed by atoms with Crippen molar-refractivity contribution in [1.82, 2.24) is 14.5 Å². The third kappa shape index (κ3) is 4.37. The van der Waals surface area contributed by atoms with Crippen molar-refractivity contribution in [2.75, 3.05) is 39.3 Å². The van der Waals surface area contributed by atoms with Crippen molar-refractivity contribution in [3.8, 4) is 0 Å². The average molecular weight is 388 g/mol. The van der Waals surface area contributed by atoms with E-state index in [1.165, 1.54) is 0 Å². The number of halogens is 1. The number of rotatable bonds is 3. The van der Waals surface area contributed by atoms with Gasteiger partial charge in [-0.3, -0.25) is 4.90 Å². The topological polar surface area (TPSA) is 52.7 Å². The van der Waals surface area contributed by atoms with Crippen LogP contribution in [0.4, 0.5) is 0 Å². The molecule has 2 saturated heterocycles. The Morgan fingerprint density at radius 3 is 2.36 bits per heavy atom. The molecule has 0 aromatic heterocycles. The summed E-state index contributed by atoms with van der Waals surface area (Å²) < 4.78 is 28.1. The van der Waals surface area contributed by atoms with E-state index in [0.717, 1.165) is 38.2 Å². The standard InChI is InChI=1S/C18H29N3O2S.ClH/c1-18(2,3)16-6-4-5-7-17(16)24(22,23)21-11-8-15(14-21)20-12-9-19-10-13-20;/h4-7,15,19H,8-14H2,1-3H3;1H. The maximum Gasteiger partial charge on any atom is 0.243 e. The van der Waals surface area contributed by atoms with Crippen LogP contribution in [0.3, 0.4) is 0 Å². The van der Waals surface area contributed by atoms with Gasteiger partial charge in [-0.1, -0.05) is 39.0 Å². The Kier molecular flexibility index (Phi) is 6.55. The fourth-order valence-corrected chi connectivity index (χ4v) is 5.62. The van der Waals surface area contributed by atoms with Crippen LogP contribution in [0.1, 0.15) is 32.8 Å². The third-order valence-corrected chi connectivity index (χ3v) is 7.03. The van der Waals surface area contributed by atoms with Crippen LogP contribution in [0.5, 0.6) is 0 Å². The second kappa shape index (κ2) is 7.92. The summed E-state index contributed by atoms with van der Waals surface area (Å²) in [7, 11) is -3.43. The van der Waals surface area contributed by atoms with Gasteiger partial charge in [-0.15, -0.1) is 12.4 Å². The minimum atomic E-state index is -3.43. The molecule has 5 nitrogen and oxygen atoms in total. The molecule has 0 bridgehead atoms. The van der Waals surface area contributed by atoms with Crippen molar-refractivity contribution in [2.45, 2.75) is 43.5 Å². The van der Waals surface area contributed by atoms with E-state index in [0.29, 0.717) is 24.0 Å². The van der Waals surface area contributed by atoms with Gasteiger partial charge in [0, 0.05) is 45.3 Å². The van der Waals surface area contributed by atoms with Crippen LogP contribution in [-0.4, -0.2) is 62.9 Å². The average Bonchev–Trinajstić information content (AvgIpc) is 3.06. The highest BCUT2D eigenvalue weighted by atomic mass is 35.5. The predicted molar refractivity (Wildman–Crippen MR) is 104 cm³/mol. The Balaban J connectivity index is 0.00000225. The van der Waals surface area contributed by atoms with Crippen molar-refractivity contribution in [3.05, 3.63) is 29.8 Å². The third-order valence-electron chi connectivity index (χ3n) is 5.11. The van der Waals surface area contributed by atoms with Crippen molar-refractivity contribution in [2.24, 2.45) is 0 Å². The van der Waals surface area contributed by atoms with Crippen molar-refractivity contribution in [3.63, 3.8) is 0 Å². The molecule has 3 rings (SSSR count). The molecule has 2 aliphatic rings. The summed E-state index contributed by atoms with van der Waals surface area (Å²) >= 11 is 0. The monoisotopic (exact) mass is 387 g/mol. The molecular weight excluding hydrogens is 358 g/mol. The minimum absolute atomic E-state index is 0. The van der Waals surface area contributed by atoms with E-state index in [1.54, 1.807) is 10.4 Å². The number of benzene rings is 1. The summed E-state index contributed by atoms with van der Waals surface area (Å²) in [6.07, 6.45) is 0.927. The molecule has 2 aliphatic heterocycles. The number of piperazine rings is 1. The quantitative estimate of drug-likeness (QED) is 0.862. The second-order valence-corrected chi connectivity index (χ2v) is 9.74. The SMILES string of the molecule is CC(C)(C)c1ccccc1S(=O)(=O)N1CCC(N2CCNCC2)C1.Cl. The van der Waals surface area contributed by atoms with E-state index < -0.39 is 10.0 Å². The summed E-state index contributed by atoms with van der Waals surface area (Å²) in [5.74, 6) is 0. The zero-order valence-corrected chi connectivity index (χ0v) is 17.0. The number of sulfonamides is 1. The van der Waals surface area contributed by atoms with Gasteiger partial charge in [-0.05, 0) is 23.5 Å². The number of nitrogens with one attached hydrogen (secondary N) is 1. The largest absolute Gasteiger partial charge is 0.314 e. The van der Waals surface area contributed by atoms with Gasteiger partial charge in [0.25, 0.3) is 0 Å². The smallest absolute Gasteiger partial charge is 0.243 e. The van der Waals surface area contributed by atoms with Crippen LogP contribution in [0, 0.1) is 0 Å². The van der Waals surface area contributed by atoms with E-state index in [4.69, 9.17) is 0 Å². The van der Waals surface area contributed by atoms with E-state index >= 15 is 0 Å². The summed E-state index contributed by atoms with van der Waals surface area (Å²) in [4.78, 5) is 2.90. The first kappa shape index (κ1) is 20.6. The Labute approximate surface area is 158 Å². The number of hydrogen-bond acceptors (Lipinski definition) is 4. The highest BCUT2D eigenvalue weighted by molar-refractivity contribution is 7.89. The fourth-order valence-electron chi connectivity index (χ4n) is 3.72. The van der Waals surface area contributed by atoms with Gasteiger partial charge in [0.1, 0.15) is 0 Å². The molecule has 1 atom stereocenters. The molecule has 7 heteroatoms. The Hall–Kier alpha value is -0.660. The highest BCUT2D eigenvalue weighted by Gasteiger charge is 2.37. The molecule has 2 fully saturated rings. The van der Waals surface area contributed by atoms with Gasteiger partial charge < -0.3 is 5.32 Å². The molecule has 2 heterocycles. The maximum atomic E-state index is 13.2. The molecule has 1 unspecified atom stereocenters. The molecule has 142 valence electrons. The Bertz CT molecular complexity index is 682. The van der Waals surface area contributed by atoms with Gasteiger partial charge in [0.05, 0.1) is 4.90 Å². The minimum Gasteiger partial charge on any atom is -0.314 e. The van der Waals surface area contributed by atoms with Crippen LogP contribution in [0.2, 0.25) is 0 Å². The van der Waals surface area contributed by atoms with Gasteiger partial charge in [-0.2, -0.15) is 4.31 Å². The highest BCUT2D eigenvalue weighted by Crippen LogP contribution is 2.32. The molecule has 0 saturated carbocycles. The molecule has 0 amide bonds. The first-order valence-corrected chi connectivity index (χ1v) is 10.3. The van der Waals surface area contributed by atoms with Crippen LogP contribution in [0.25, 0.3) is 0 Å². The Morgan fingerprint density at radius 2 is 1.72 bits per heavy atom. The Morgan fingerprint density at radius 1 is 1.08 bits per heavy atom. The molecular formula is C18H30ClN3O2S. The van der Waals surface area contributed by atoms with E-state index in [9.17, 15) is 8.42 Å². The van der Waals surface area contributed by atoms with Crippen molar-refractivity contribution < 1.29 is 8.42 Å². The van der Waals surface area contributed by atoms with Crippen LogP contribution >= 0.6 is 12.4 Å². The van der Waals surface area contributed by atoms with Crippen molar-refractivity contribution >= 4 is 22.4 Å². The summed E-state index contributed by atoms with van der Waals surface area (Å²) in [5.41, 5.74) is 0.706. The van der Waals surface area contributed by atoms with Gasteiger partial charge in [0.15, 0.2) is 0 Å². The first-order valence-electron chi connectivity index (χ1n) is 8.84. The molecule has 25 heavy (non-hydrogen) atoms. The number of hydrogen-bond donors (Lipinski definition) is 1. The van der Waals surface area contributed by atoms with Gasteiger partial charge in [-0.25, -0.2) is 8.42 Å². The normalized spacial score (nSPS) is 23.4. The molecule has 1 aromatic carbocycles. The fraction of sp³-hybridized carbons (Fsp3) is 0.667. The first-order chi connectivity index (χ1) is 11.3. The summed E-state index contributed by atoms with van der Waals surface area (Å²) in [6, 6.07) is 7.80. The second-order valence-electron chi connectivity index (χ2n) is 7.84. The lowest BCUT2D eigenvalue weighted by Crippen LogP contribution is -2.49. The van der Waals surface area contributed by atoms with Crippen LogP contribution in [-0.2, 0) is 15.4 Å². The maximum absolute atomic E-state index is 13.2. The molecule has 1 aromatic rings. The van der Waals surface area contributed by atoms with Gasteiger partial charge >= 0.3 is 0 Å². The van der Waals surface area contributed by atoms with Crippen LogP contribution < -0.4 is 5.32 Å². The van der Waals surface area contributed by atoms with E-state index in [2.05, 4.69) is 31.0 Å². The molecule has 0 radical (unpaired) electrons. The predicted octanol–water partition coefficient (Wildman–Crippen LogP) is 2.07. The lowest BCUT2D eigenvalue weighted by Gasteiger charge is -2.32. The van der Waals surface area contributed by atoms with E-state index in [-0.39, 0.29) is 17.8 Å². The zero-order valence-electron chi connectivity index (χ0n) is 15.4. The lowest BCUT2D eigenvalue weighted by molar-refractivity contribution is 0.179. The lowest BCUT2D eigenvalue weighted by atomic mass is 9.87. The number of nitrogens with zero attached hydrogens (tertiary/aromatic N) is 2. The summed E-state index contributed by atoms with van der Waals surface area (Å²) in [6.45, 7) is 11.4. The summed E-state index contributed by atoms with van der Waals surface area (Å²) in [5, 5.41) is 3.36. The van der Waals surface area contributed by atoms with Crippen molar-refractivity contribution in [1.29, 1.82) is 0 Å². The molecule has 0 spiro atoms. The van der Waals surface area contributed by atoms with Crippen LogP contribution in [0.15, 0.2) is 29.2 Å². The molecule has 1 N–H and O–H groups in total. The zero-order chi connectivity index (χ0) is 17.4. The van der Waals surface area contributed by atoms with E-state index in [1.807, 2.05) is 18.2 Å². The molecule has 0 aliphatic carbocycles. The van der Waals surface area contributed by atoms with Gasteiger partial charge in [0.2, 0.25) is 10.0 Å².